The molecule has 1 aromatic carbocycles. The van der Waals surface area contributed by atoms with Gasteiger partial charge in [-0.15, -0.1) is 0 Å². The molecule has 1 amide bonds. The predicted octanol–water partition coefficient (Wildman–Crippen LogP) is 2.94. The highest BCUT2D eigenvalue weighted by molar-refractivity contribution is 7.18. The van der Waals surface area contributed by atoms with Gasteiger partial charge in [-0.05, 0) is 24.6 Å². The fraction of sp³-hybridized carbons (Fsp3) is 0.231. The summed E-state index contributed by atoms with van der Waals surface area (Å²) < 4.78 is 13.0. The maximum atomic E-state index is 13.0. The highest BCUT2D eigenvalue weighted by Gasteiger charge is 2.16. The lowest BCUT2D eigenvalue weighted by Crippen LogP contribution is -2.12. The van der Waals surface area contributed by atoms with Crippen molar-refractivity contribution in [2.45, 2.75) is 13.3 Å². The Kier molecular flexibility index (Phi) is 4.52. The number of hydrogen-bond donors (Lipinski definition) is 3. The van der Waals surface area contributed by atoms with Gasteiger partial charge >= 0.3 is 0 Å². The fourth-order valence-corrected chi connectivity index (χ4v) is 2.36. The van der Waals surface area contributed by atoms with Crippen LogP contribution in [-0.4, -0.2) is 17.4 Å². The zero-order valence-electron chi connectivity index (χ0n) is 10.9. The number of nitrogen functional groups attached to an aromatic ring is 1. The Bertz CT molecular complexity index is 614. The summed E-state index contributed by atoms with van der Waals surface area (Å²) in [5, 5.41) is 6.27. The normalized spacial score (nSPS) is 10.3. The monoisotopic (exact) mass is 294 g/mol. The minimum Gasteiger partial charge on any atom is -0.382 e. The van der Waals surface area contributed by atoms with Gasteiger partial charge < -0.3 is 16.4 Å². The Balaban J connectivity index is 2.11. The maximum Gasteiger partial charge on any atom is 0.269 e. The van der Waals surface area contributed by atoms with Crippen LogP contribution in [0.5, 0.6) is 0 Å². The summed E-state index contributed by atoms with van der Waals surface area (Å²) in [6.07, 6.45) is 0.949. The number of nitrogens with one attached hydrogen (secondary N) is 2. The second-order valence-corrected chi connectivity index (χ2v) is 5.12. The third-order valence-corrected chi connectivity index (χ3v) is 3.50. The van der Waals surface area contributed by atoms with Crippen LogP contribution < -0.4 is 16.4 Å². The van der Waals surface area contributed by atoms with Gasteiger partial charge in [-0.2, -0.15) is 0 Å². The number of benzene rings is 1. The first-order valence-electron chi connectivity index (χ1n) is 6.17. The molecule has 5 nitrogen and oxygen atoms in total. The van der Waals surface area contributed by atoms with Crippen molar-refractivity contribution < 1.29 is 9.18 Å². The molecule has 0 fully saturated rings. The van der Waals surface area contributed by atoms with Crippen LogP contribution in [0.2, 0.25) is 0 Å². The fourth-order valence-electron chi connectivity index (χ4n) is 1.56. The molecule has 0 unspecified atom stereocenters. The molecule has 0 spiro atoms. The van der Waals surface area contributed by atoms with Crippen LogP contribution >= 0.6 is 11.3 Å². The molecule has 0 radical (unpaired) electrons. The van der Waals surface area contributed by atoms with E-state index in [1.807, 2.05) is 6.92 Å². The number of halogens is 1. The van der Waals surface area contributed by atoms with E-state index in [1.165, 1.54) is 29.5 Å². The lowest BCUT2D eigenvalue weighted by atomic mass is 10.3. The van der Waals surface area contributed by atoms with Crippen molar-refractivity contribution in [3.05, 3.63) is 35.0 Å². The second kappa shape index (κ2) is 6.33. The molecule has 0 saturated carbocycles. The molecule has 7 heteroatoms. The van der Waals surface area contributed by atoms with Crippen molar-refractivity contribution in [3.63, 3.8) is 0 Å². The Hall–Kier alpha value is -2.15. The van der Waals surface area contributed by atoms with Crippen LogP contribution in [0.4, 0.5) is 21.0 Å². The van der Waals surface area contributed by atoms with Gasteiger partial charge in [0.15, 0.2) is 5.13 Å². The summed E-state index contributed by atoms with van der Waals surface area (Å²) >= 11 is 1.18. The highest BCUT2D eigenvalue weighted by Crippen LogP contribution is 2.26. The SMILES string of the molecule is CCCNc1nc(N)c(C(=O)Nc2cccc(F)c2)s1. The van der Waals surface area contributed by atoms with Crippen molar-refractivity contribution in [2.75, 3.05) is 22.9 Å². The van der Waals surface area contributed by atoms with Crippen LogP contribution in [0.1, 0.15) is 23.0 Å². The average Bonchev–Trinajstić information content (AvgIpc) is 2.77. The summed E-state index contributed by atoms with van der Waals surface area (Å²) in [5.41, 5.74) is 6.10. The number of anilines is 3. The number of amides is 1. The number of carbonyl (C=O) groups is 1. The van der Waals surface area contributed by atoms with Crippen LogP contribution in [0.15, 0.2) is 24.3 Å². The molecule has 2 aromatic rings. The first-order valence-corrected chi connectivity index (χ1v) is 6.99. The van der Waals surface area contributed by atoms with Gasteiger partial charge in [0, 0.05) is 12.2 Å². The van der Waals surface area contributed by atoms with Gasteiger partial charge in [-0.1, -0.05) is 24.3 Å². The first-order chi connectivity index (χ1) is 9.60. The zero-order valence-corrected chi connectivity index (χ0v) is 11.8. The third-order valence-electron chi connectivity index (χ3n) is 2.47. The van der Waals surface area contributed by atoms with Gasteiger partial charge in [0.2, 0.25) is 0 Å². The summed E-state index contributed by atoms with van der Waals surface area (Å²) in [5.74, 6) is -0.636. The van der Waals surface area contributed by atoms with Crippen LogP contribution in [0.3, 0.4) is 0 Å². The summed E-state index contributed by atoms with van der Waals surface area (Å²) in [4.78, 5) is 16.5. The number of nitrogens with two attached hydrogens (primary N) is 1. The molecule has 0 aliphatic carbocycles. The average molecular weight is 294 g/mol. The van der Waals surface area contributed by atoms with E-state index >= 15 is 0 Å². The molecule has 106 valence electrons. The molecule has 1 aromatic heterocycles. The molecule has 0 saturated heterocycles. The lowest BCUT2D eigenvalue weighted by Gasteiger charge is -2.03. The summed E-state index contributed by atoms with van der Waals surface area (Å²) in [6, 6.07) is 5.68. The van der Waals surface area contributed by atoms with E-state index < -0.39 is 11.7 Å². The third kappa shape index (κ3) is 3.45. The molecular formula is C13H15FN4OS. The zero-order chi connectivity index (χ0) is 14.5. The molecule has 1 heterocycles. The Labute approximate surface area is 120 Å². The van der Waals surface area contributed by atoms with Crippen molar-refractivity contribution in [2.24, 2.45) is 0 Å². The number of hydrogen-bond acceptors (Lipinski definition) is 5. The molecule has 0 atom stereocenters. The minimum absolute atomic E-state index is 0.169. The van der Waals surface area contributed by atoms with E-state index in [9.17, 15) is 9.18 Å². The Morgan fingerprint density at radius 1 is 1.50 bits per heavy atom. The Morgan fingerprint density at radius 3 is 3.00 bits per heavy atom. The first kappa shape index (κ1) is 14.3. The molecule has 0 aliphatic heterocycles. The number of thiazole rings is 1. The molecular weight excluding hydrogens is 279 g/mol. The number of rotatable bonds is 5. The second-order valence-electron chi connectivity index (χ2n) is 4.12. The van der Waals surface area contributed by atoms with E-state index in [-0.39, 0.29) is 5.82 Å². The largest absolute Gasteiger partial charge is 0.382 e. The van der Waals surface area contributed by atoms with E-state index in [1.54, 1.807) is 6.07 Å². The van der Waals surface area contributed by atoms with Gasteiger partial charge in [-0.3, -0.25) is 4.79 Å². The Morgan fingerprint density at radius 2 is 2.30 bits per heavy atom. The van der Waals surface area contributed by atoms with Crippen molar-refractivity contribution in [1.29, 1.82) is 0 Å². The molecule has 4 N–H and O–H groups in total. The van der Waals surface area contributed by atoms with E-state index in [4.69, 9.17) is 5.73 Å². The highest BCUT2D eigenvalue weighted by atomic mass is 32.1. The van der Waals surface area contributed by atoms with E-state index in [0.29, 0.717) is 15.7 Å². The van der Waals surface area contributed by atoms with Gasteiger partial charge in [0.05, 0.1) is 0 Å². The van der Waals surface area contributed by atoms with Gasteiger partial charge in [-0.25, -0.2) is 9.37 Å². The van der Waals surface area contributed by atoms with Crippen molar-refractivity contribution in [1.82, 2.24) is 4.98 Å². The predicted molar refractivity (Wildman–Crippen MR) is 79.7 cm³/mol. The van der Waals surface area contributed by atoms with Crippen molar-refractivity contribution >= 4 is 33.9 Å². The van der Waals surface area contributed by atoms with Crippen molar-refractivity contribution in [3.8, 4) is 0 Å². The molecule has 2 rings (SSSR count). The molecule has 0 bridgehead atoms. The quantitative estimate of drug-likeness (QED) is 0.792. The smallest absolute Gasteiger partial charge is 0.269 e. The number of aromatic nitrogens is 1. The van der Waals surface area contributed by atoms with Crippen LogP contribution in [0.25, 0.3) is 0 Å². The number of carbonyl (C=O) groups excluding carboxylic acids is 1. The van der Waals surface area contributed by atoms with Gasteiger partial charge in [0.25, 0.3) is 5.91 Å². The van der Waals surface area contributed by atoms with E-state index in [2.05, 4.69) is 15.6 Å². The standard InChI is InChI=1S/C13H15FN4OS/c1-2-6-16-13-18-11(15)10(20-13)12(19)17-9-5-3-4-8(14)7-9/h3-5,7H,2,6,15H2,1H3,(H,16,18)(H,17,19). The van der Waals surface area contributed by atoms with E-state index in [0.717, 1.165) is 13.0 Å². The topological polar surface area (TPSA) is 80.0 Å². The maximum absolute atomic E-state index is 13.0. The van der Waals surface area contributed by atoms with Gasteiger partial charge in [0.1, 0.15) is 16.5 Å². The molecule has 20 heavy (non-hydrogen) atoms. The summed E-state index contributed by atoms with van der Waals surface area (Å²) in [6.45, 7) is 2.79. The van der Waals surface area contributed by atoms with Crippen LogP contribution in [-0.2, 0) is 0 Å². The summed E-state index contributed by atoms with van der Waals surface area (Å²) in [7, 11) is 0. The minimum atomic E-state index is -0.412. The number of nitrogens with zero attached hydrogens (tertiary/aromatic N) is 1. The lowest BCUT2D eigenvalue weighted by molar-refractivity contribution is 0.103. The van der Waals surface area contributed by atoms with Crippen LogP contribution in [0, 0.1) is 5.82 Å². The molecule has 0 aliphatic rings.